The highest BCUT2D eigenvalue weighted by molar-refractivity contribution is 5.94. The maximum Gasteiger partial charge on any atom is 0.253 e. The van der Waals surface area contributed by atoms with Crippen LogP contribution in [0.5, 0.6) is 0 Å². The van der Waals surface area contributed by atoms with Crippen molar-refractivity contribution in [2.45, 2.75) is 37.5 Å². The molecule has 2 aliphatic rings. The molecule has 0 N–H and O–H groups in total. The lowest BCUT2D eigenvalue weighted by Gasteiger charge is -2.31. The molecule has 1 amide bonds. The van der Waals surface area contributed by atoms with Crippen molar-refractivity contribution in [2.24, 2.45) is 0 Å². The zero-order valence-corrected chi connectivity index (χ0v) is 14.1. The van der Waals surface area contributed by atoms with Crippen LogP contribution >= 0.6 is 0 Å². The topological polar surface area (TPSA) is 81.4 Å². The molecule has 2 fully saturated rings. The quantitative estimate of drug-likeness (QED) is 0.852. The van der Waals surface area contributed by atoms with Crippen LogP contribution in [-0.2, 0) is 4.74 Å². The smallest absolute Gasteiger partial charge is 0.253 e. The van der Waals surface area contributed by atoms with E-state index in [1.54, 1.807) is 24.5 Å². The van der Waals surface area contributed by atoms with E-state index in [9.17, 15) is 4.79 Å². The first-order valence-electron chi connectivity index (χ1n) is 8.92. The van der Waals surface area contributed by atoms with Gasteiger partial charge < -0.3 is 14.2 Å². The second kappa shape index (κ2) is 7.31. The summed E-state index contributed by atoms with van der Waals surface area (Å²) in [4.78, 5) is 23.1. The van der Waals surface area contributed by atoms with Gasteiger partial charge in [-0.1, -0.05) is 5.16 Å². The average Bonchev–Trinajstić information content (AvgIpc) is 3.19. The van der Waals surface area contributed by atoms with Gasteiger partial charge in [-0.25, -0.2) is 0 Å². The third-order valence-corrected chi connectivity index (χ3v) is 5.03. The summed E-state index contributed by atoms with van der Waals surface area (Å²) >= 11 is 0. The molecule has 2 saturated heterocycles. The van der Waals surface area contributed by atoms with E-state index >= 15 is 0 Å². The summed E-state index contributed by atoms with van der Waals surface area (Å²) in [6, 6.07) is 3.50. The van der Waals surface area contributed by atoms with Crippen molar-refractivity contribution >= 4 is 5.91 Å². The molecule has 1 unspecified atom stereocenters. The molecule has 0 aromatic carbocycles. The minimum atomic E-state index is 0.0382. The van der Waals surface area contributed by atoms with Crippen molar-refractivity contribution in [2.75, 3.05) is 26.3 Å². The zero-order chi connectivity index (χ0) is 17.1. The van der Waals surface area contributed by atoms with E-state index in [1.165, 1.54) is 0 Å². The summed E-state index contributed by atoms with van der Waals surface area (Å²) in [6.07, 6.45) is 7.08. The van der Waals surface area contributed by atoms with Gasteiger partial charge in [0.2, 0.25) is 5.89 Å². The van der Waals surface area contributed by atoms with E-state index in [2.05, 4.69) is 15.1 Å². The number of piperidine rings is 1. The summed E-state index contributed by atoms with van der Waals surface area (Å²) in [5, 5.41) is 4.19. The number of nitrogens with zero attached hydrogens (tertiary/aromatic N) is 4. The van der Waals surface area contributed by atoms with Crippen LogP contribution in [0.2, 0.25) is 0 Å². The van der Waals surface area contributed by atoms with Gasteiger partial charge in [0.25, 0.3) is 5.91 Å². The number of pyridine rings is 1. The first kappa shape index (κ1) is 16.2. The molecule has 2 aromatic rings. The fourth-order valence-electron chi connectivity index (χ4n) is 3.57. The highest BCUT2D eigenvalue weighted by Gasteiger charge is 2.30. The van der Waals surface area contributed by atoms with E-state index in [1.807, 2.05) is 4.90 Å². The number of amides is 1. The largest absolute Gasteiger partial charge is 0.381 e. The number of carbonyl (C=O) groups is 1. The van der Waals surface area contributed by atoms with Crippen molar-refractivity contribution in [1.82, 2.24) is 20.0 Å². The number of hydrogen-bond acceptors (Lipinski definition) is 6. The molecule has 2 aromatic heterocycles. The van der Waals surface area contributed by atoms with Crippen molar-refractivity contribution < 1.29 is 14.1 Å². The molecule has 132 valence electrons. The van der Waals surface area contributed by atoms with Crippen LogP contribution in [0, 0.1) is 0 Å². The Morgan fingerprint density at radius 3 is 2.72 bits per heavy atom. The Kier molecular flexibility index (Phi) is 4.74. The maximum absolute atomic E-state index is 12.6. The molecule has 0 spiro atoms. The molecule has 2 aliphatic heterocycles. The Morgan fingerprint density at radius 2 is 1.92 bits per heavy atom. The van der Waals surface area contributed by atoms with Crippen LogP contribution in [0.1, 0.15) is 59.6 Å². The minimum Gasteiger partial charge on any atom is -0.381 e. The standard InChI is InChI=1S/C18H22N4O3/c23-18(14-3-7-19-8-4-14)22-9-1-2-15(12-22)17-20-16(21-25-17)13-5-10-24-11-6-13/h3-4,7-8,13,15H,1-2,5-6,9-12H2. The van der Waals surface area contributed by atoms with E-state index in [0.717, 1.165) is 51.3 Å². The summed E-state index contributed by atoms with van der Waals surface area (Å²) in [5.74, 6) is 1.92. The van der Waals surface area contributed by atoms with Gasteiger partial charge in [-0.05, 0) is 37.8 Å². The first-order chi connectivity index (χ1) is 12.3. The van der Waals surface area contributed by atoms with Gasteiger partial charge in [0.1, 0.15) is 0 Å². The van der Waals surface area contributed by atoms with Crippen LogP contribution in [0.4, 0.5) is 0 Å². The molecule has 25 heavy (non-hydrogen) atoms. The summed E-state index contributed by atoms with van der Waals surface area (Å²) in [6.45, 7) is 2.90. The fraction of sp³-hybridized carbons (Fsp3) is 0.556. The average molecular weight is 342 g/mol. The van der Waals surface area contributed by atoms with Crippen molar-refractivity contribution in [3.63, 3.8) is 0 Å². The van der Waals surface area contributed by atoms with Gasteiger partial charge in [0.05, 0.1) is 5.92 Å². The maximum atomic E-state index is 12.6. The number of rotatable bonds is 3. The van der Waals surface area contributed by atoms with E-state index in [4.69, 9.17) is 9.26 Å². The van der Waals surface area contributed by atoms with Crippen LogP contribution in [-0.4, -0.2) is 52.2 Å². The van der Waals surface area contributed by atoms with Crippen LogP contribution in [0.25, 0.3) is 0 Å². The second-order valence-corrected chi connectivity index (χ2v) is 6.70. The second-order valence-electron chi connectivity index (χ2n) is 6.70. The van der Waals surface area contributed by atoms with Gasteiger partial charge >= 0.3 is 0 Å². The Labute approximate surface area is 146 Å². The normalized spacial score (nSPS) is 22.1. The first-order valence-corrected chi connectivity index (χ1v) is 8.92. The molecule has 7 nitrogen and oxygen atoms in total. The van der Waals surface area contributed by atoms with E-state index in [0.29, 0.717) is 23.9 Å². The lowest BCUT2D eigenvalue weighted by Crippen LogP contribution is -2.39. The fourth-order valence-corrected chi connectivity index (χ4v) is 3.57. The van der Waals surface area contributed by atoms with Gasteiger partial charge in [-0.2, -0.15) is 4.98 Å². The Hall–Kier alpha value is -2.28. The summed E-state index contributed by atoms with van der Waals surface area (Å²) in [7, 11) is 0. The van der Waals surface area contributed by atoms with Gasteiger partial charge in [0.15, 0.2) is 5.82 Å². The molecule has 1 atom stereocenters. The van der Waals surface area contributed by atoms with Crippen molar-refractivity contribution in [1.29, 1.82) is 0 Å². The molecule has 0 radical (unpaired) electrons. The number of carbonyl (C=O) groups excluding carboxylic acids is 1. The SMILES string of the molecule is O=C(c1ccncc1)N1CCCC(c2nc(C3CCOCC3)no2)C1. The Morgan fingerprint density at radius 1 is 1.12 bits per heavy atom. The van der Waals surface area contributed by atoms with E-state index in [-0.39, 0.29) is 11.8 Å². The molecule has 0 saturated carbocycles. The van der Waals surface area contributed by atoms with Crippen molar-refractivity contribution in [3.8, 4) is 0 Å². The molecule has 0 aliphatic carbocycles. The highest BCUT2D eigenvalue weighted by atomic mass is 16.5. The van der Waals surface area contributed by atoms with Gasteiger partial charge in [-0.15, -0.1) is 0 Å². The lowest BCUT2D eigenvalue weighted by atomic mass is 9.96. The number of aromatic nitrogens is 3. The molecular weight excluding hydrogens is 320 g/mol. The molecule has 0 bridgehead atoms. The summed E-state index contributed by atoms with van der Waals surface area (Å²) in [5.41, 5.74) is 0.670. The Balaban J connectivity index is 1.44. The van der Waals surface area contributed by atoms with Crippen molar-refractivity contribution in [3.05, 3.63) is 41.8 Å². The van der Waals surface area contributed by atoms with Crippen LogP contribution in [0.15, 0.2) is 29.0 Å². The number of hydrogen-bond donors (Lipinski definition) is 0. The minimum absolute atomic E-state index is 0.0382. The predicted octanol–water partition coefficient (Wildman–Crippen LogP) is 2.38. The highest BCUT2D eigenvalue weighted by Crippen LogP contribution is 2.30. The Bertz CT molecular complexity index is 712. The third-order valence-electron chi connectivity index (χ3n) is 5.03. The number of ether oxygens (including phenoxy) is 1. The summed E-state index contributed by atoms with van der Waals surface area (Å²) < 4.78 is 10.9. The monoisotopic (exact) mass is 342 g/mol. The molecule has 7 heteroatoms. The van der Waals surface area contributed by atoms with Crippen LogP contribution < -0.4 is 0 Å². The van der Waals surface area contributed by atoms with Gasteiger partial charge in [0, 0.05) is 50.2 Å². The predicted molar refractivity (Wildman–Crippen MR) is 89.2 cm³/mol. The van der Waals surface area contributed by atoms with E-state index < -0.39 is 0 Å². The lowest BCUT2D eigenvalue weighted by molar-refractivity contribution is 0.0695. The molecule has 4 rings (SSSR count). The van der Waals surface area contributed by atoms with Crippen LogP contribution in [0.3, 0.4) is 0 Å². The molecular formula is C18H22N4O3. The molecule has 4 heterocycles. The zero-order valence-electron chi connectivity index (χ0n) is 14.1. The number of likely N-dealkylation sites (tertiary alicyclic amines) is 1. The van der Waals surface area contributed by atoms with Gasteiger partial charge in [-0.3, -0.25) is 9.78 Å². The third kappa shape index (κ3) is 3.56.